The van der Waals surface area contributed by atoms with Gasteiger partial charge in [0.15, 0.2) is 0 Å². The van der Waals surface area contributed by atoms with Crippen molar-refractivity contribution in [3.8, 4) is 0 Å². The van der Waals surface area contributed by atoms with Gasteiger partial charge in [0.1, 0.15) is 0 Å². The summed E-state index contributed by atoms with van der Waals surface area (Å²) in [5.41, 5.74) is 6.61. The predicted molar refractivity (Wildman–Crippen MR) is 84.5 cm³/mol. The highest BCUT2D eigenvalue weighted by atomic mass is 35.5. The summed E-state index contributed by atoms with van der Waals surface area (Å²) in [6.45, 7) is 2.18. The van der Waals surface area contributed by atoms with Gasteiger partial charge in [-0.15, -0.1) is 0 Å². The number of halogens is 1. The summed E-state index contributed by atoms with van der Waals surface area (Å²) in [6, 6.07) is 5.14. The van der Waals surface area contributed by atoms with E-state index in [1.807, 2.05) is 6.07 Å². The van der Waals surface area contributed by atoms with Crippen LogP contribution in [0.2, 0.25) is 5.02 Å². The molecule has 116 valence electrons. The molecule has 2 rings (SSSR count). The lowest BCUT2D eigenvalue weighted by Gasteiger charge is -2.22. The first-order valence-corrected chi connectivity index (χ1v) is 7.95. The lowest BCUT2D eigenvalue weighted by Crippen LogP contribution is -2.24. The monoisotopic (exact) mass is 310 g/mol. The van der Waals surface area contributed by atoms with Crippen LogP contribution in [0.4, 0.5) is 0 Å². The number of ether oxygens (including phenoxy) is 1. The molecule has 0 atom stereocenters. The largest absolute Gasteiger partial charge is 0.377 e. The minimum absolute atomic E-state index is 0.435. The van der Waals surface area contributed by atoms with Gasteiger partial charge in [0.2, 0.25) is 5.91 Å². The molecule has 0 saturated heterocycles. The highest BCUT2D eigenvalue weighted by molar-refractivity contribution is 6.31. The van der Waals surface area contributed by atoms with Crippen molar-refractivity contribution in [3.63, 3.8) is 0 Å². The Bertz CT molecular complexity index is 473. The van der Waals surface area contributed by atoms with E-state index in [-0.39, 0.29) is 0 Å². The van der Waals surface area contributed by atoms with Crippen molar-refractivity contribution in [1.29, 1.82) is 0 Å². The second-order valence-electron chi connectivity index (χ2n) is 5.48. The highest BCUT2D eigenvalue weighted by Gasteiger charge is 2.13. The number of rotatable bonds is 7. The predicted octanol–water partition coefficient (Wildman–Crippen LogP) is 2.88. The van der Waals surface area contributed by atoms with Crippen LogP contribution in [-0.4, -0.2) is 25.2 Å². The number of carbonyl (C=O) groups excluding carboxylic acids is 1. The molecule has 21 heavy (non-hydrogen) atoms. The van der Waals surface area contributed by atoms with Crippen molar-refractivity contribution in [1.82, 2.24) is 5.32 Å². The number of nitrogens with two attached hydrogens (primary N) is 1. The number of hydrogen-bond donors (Lipinski definition) is 2. The smallest absolute Gasteiger partial charge is 0.248 e. The zero-order chi connectivity index (χ0) is 15.1. The molecule has 0 bridgehead atoms. The van der Waals surface area contributed by atoms with Gasteiger partial charge in [-0.1, -0.05) is 36.9 Å². The summed E-state index contributed by atoms with van der Waals surface area (Å²) in [7, 11) is 0. The lowest BCUT2D eigenvalue weighted by atomic mass is 9.98. The molecular formula is C16H23ClN2O2. The van der Waals surface area contributed by atoms with Gasteiger partial charge in [0, 0.05) is 23.7 Å². The standard InChI is InChI=1S/C16H23ClN2O2/c17-15-10-12(16(18)20)6-7-13(15)11-19-8-9-21-14-4-2-1-3-5-14/h6-7,10,14,19H,1-5,8-9,11H2,(H2,18,20). The number of nitrogens with one attached hydrogen (secondary N) is 1. The van der Waals surface area contributed by atoms with Gasteiger partial charge in [-0.05, 0) is 30.5 Å². The Morgan fingerprint density at radius 2 is 2.10 bits per heavy atom. The zero-order valence-electron chi connectivity index (χ0n) is 12.2. The van der Waals surface area contributed by atoms with Crippen molar-refractivity contribution >= 4 is 17.5 Å². The second-order valence-corrected chi connectivity index (χ2v) is 5.89. The molecule has 0 spiro atoms. The molecule has 1 aliphatic carbocycles. The van der Waals surface area contributed by atoms with E-state index >= 15 is 0 Å². The van der Waals surface area contributed by atoms with E-state index in [0.29, 0.717) is 23.2 Å². The number of amides is 1. The number of hydrogen-bond acceptors (Lipinski definition) is 3. The fourth-order valence-electron chi connectivity index (χ4n) is 2.60. The molecule has 1 amide bonds. The fraction of sp³-hybridized carbons (Fsp3) is 0.562. The third-order valence-corrected chi connectivity index (χ3v) is 4.19. The summed E-state index contributed by atoms with van der Waals surface area (Å²) in [4.78, 5) is 11.0. The van der Waals surface area contributed by atoms with Crippen LogP contribution in [0.1, 0.15) is 48.0 Å². The van der Waals surface area contributed by atoms with Gasteiger partial charge in [0.05, 0.1) is 12.7 Å². The van der Waals surface area contributed by atoms with Gasteiger partial charge in [-0.25, -0.2) is 0 Å². The van der Waals surface area contributed by atoms with Gasteiger partial charge in [0.25, 0.3) is 0 Å². The highest BCUT2D eigenvalue weighted by Crippen LogP contribution is 2.20. The Hall–Kier alpha value is -1.10. The topological polar surface area (TPSA) is 64.4 Å². The molecule has 0 heterocycles. The molecule has 0 aliphatic heterocycles. The molecule has 3 N–H and O–H groups in total. The van der Waals surface area contributed by atoms with Crippen molar-refractivity contribution in [2.75, 3.05) is 13.2 Å². The molecule has 1 aromatic carbocycles. The van der Waals surface area contributed by atoms with E-state index in [4.69, 9.17) is 22.1 Å². The van der Waals surface area contributed by atoms with Crippen molar-refractivity contribution in [2.45, 2.75) is 44.8 Å². The van der Waals surface area contributed by atoms with Crippen LogP contribution in [0.5, 0.6) is 0 Å². The third-order valence-electron chi connectivity index (χ3n) is 3.84. The van der Waals surface area contributed by atoms with E-state index in [1.54, 1.807) is 12.1 Å². The molecule has 1 saturated carbocycles. The molecule has 1 aliphatic rings. The summed E-state index contributed by atoms with van der Waals surface area (Å²) in [5.74, 6) is -0.461. The Labute approximate surface area is 131 Å². The van der Waals surface area contributed by atoms with Crippen LogP contribution in [0.3, 0.4) is 0 Å². The fourth-order valence-corrected chi connectivity index (χ4v) is 2.84. The summed E-state index contributed by atoms with van der Waals surface area (Å²) < 4.78 is 5.85. The Morgan fingerprint density at radius 1 is 1.33 bits per heavy atom. The normalized spacial score (nSPS) is 16.0. The Kier molecular flexibility index (Phi) is 6.49. The SMILES string of the molecule is NC(=O)c1ccc(CNCCOC2CCCCC2)c(Cl)c1. The number of carbonyl (C=O) groups is 1. The van der Waals surface area contributed by atoms with Crippen LogP contribution < -0.4 is 11.1 Å². The molecule has 4 nitrogen and oxygen atoms in total. The van der Waals surface area contributed by atoms with Gasteiger partial charge in [-0.3, -0.25) is 4.79 Å². The maximum atomic E-state index is 11.0. The van der Waals surface area contributed by atoms with Crippen molar-refractivity contribution in [2.24, 2.45) is 5.73 Å². The summed E-state index contributed by atoms with van der Waals surface area (Å²) >= 11 is 6.13. The van der Waals surface area contributed by atoms with Crippen LogP contribution in [0.25, 0.3) is 0 Å². The molecule has 1 aromatic rings. The summed E-state index contributed by atoms with van der Waals surface area (Å²) in [6.07, 6.45) is 6.76. The maximum Gasteiger partial charge on any atom is 0.248 e. The quantitative estimate of drug-likeness (QED) is 0.761. The van der Waals surface area contributed by atoms with Gasteiger partial charge < -0.3 is 15.8 Å². The maximum absolute atomic E-state index is 11.0. The molecule has 5 heteroatoms. The van der Waals surface area contributed by atoms with Crippen LogP contribution in [0, 0.1) is 0 Å². The van der Waals surface area contributed by atoms with E-state index < -0.39 is 5.91 Å². The molecule has 0 aromatic heterocycles. The zero-order valence-corrected chi connectivity index (χ0v) is 13.0. The minimum atomic E-state index is -0.461. The van der Waals surface area contributed by atoms with Crippen LogP contribution in [-0.2, 0) is 11.3 Å². The van der Waals surface area contributed by atoms with Crippen molar-refractivity contribution < 1.29 is 9.53 Å². The first kappa shape index (κ1) is 16.3. The number of benzene rings is 1. The molecular weight excluding hydrogens is 288 g/mol. The summed E-state index contributed by atoms with van der Waals surface area (Å²) in [5, 5.41) is 3.87. The molecule has 0 unspecified atom stereocenters. The van der Waals surface area contributed by atoms with E-state index in [1.165, 1.54) is 32.1 Å². The lowest BCUT2D eigenvalue weighted by molar-refractivity contribution is 0.0302. The van der Waals surface area contributed by atoms with Crippen molar-refractivity contribution in [3.05, 3.63) is 34.3 Å². The van der Waals surface area contributed by atoms with E-state index in [0.717, 1.165) is 18.7 Å². The number of primary amides is 1. The average molecular weight is 311 g/mol. The Balaban J connectivity index is 1.67. The first-order valence-electron chi connectivity index (χ1n) is 7.57. The first-order chi connectivity index (χ1) is 10.2. The van der Waals surface area contributed by atoms with Crippen LogP contribution in [0.15, 0.2) is 18.2 Å². The minimum Gasteiger partial charge on any atom is -0.377 e. The van der Waals surface area contributed by atoms with E-state index in [9.17, 15) is 4.79 Å². The third kappa shape index (κ3) is 5.30. The van der Waals surface area contributed by atoms with Crippen LogP contribution >= 0.6 is 11.6 Å². The van der Waals surface area contributed by atoms with Gasteiger partial charge >= 0.3 is 0 Å². The average Bonchev–Trinajstić information content (AvgIpc) is 2.49. The second kappa shape index (κ2) is 8.37. The molecule has 0 radical (unpaired) electrons. The molecule has 1 fully saturated rings. The Morgan fingerprint density at radius 3 is 2.76 bits per heavy atom. The van der Waals surface area contributed by atoms with Gasteiger partial charge in [-0.2, -0.15) is 0 Å². The van der Waals surface area contributed by atoms with E-state index in [2.05, 4.69) is 5.32 Å².